The second-order valence-electron chi connectivity index (χ2n) is 6.46. The van der Waals surface area contributed by atoms with E-state index in [4.69, 9.17) is 5.41 Å². The summed E-state index contributed by atoms with van der Waals surface area (Å²) in [5, 5.41) is 8.66. The third-order valence-electron chi connectivity index (χ3n) is 4.76. The molecule has 0 aliphatic heterocycles. The first kappa shape index (κ1) is 18.1. The minimum atomic E-state index is -3.96. The van der Waals surface area contributed by atoms with Crippen molar-refractivity contribution >= 4 is 26.5 Å². The Morgan fingerprint density at radius 2 is 1.79 bits per heavy atom. The number of sulfone groups is 1. The van der Waals surface area contributed by atoms with Crippen LogP contribution in [0.5, 0.6) is 0 Å². The maximum Gasteiger partial charge on any atom is 0.267 e. The molecule has 4 rings (SSSR count). The van der Waals surface area contributed by atoms with Gasteiger partial charge >= 0.3 is 0 Å². The number of fused-ring (bicyclic) bond motifs is 2. The van der Waals surface area contributed by atoms with Gasteiger partial charge in [0, 0.05) is 12.7 Å². The van der Waals surface area contributed by atoms with Crippen LogP contribution in [0.25, 0.3) is 16.7 Å². The lowest BCUT2D eigenvalue weighted by atomic mass is 10.2. The van der Waals surface area contributed by atoms with E-state index in [1.54, 1.807) is 37.4 Å². The smallest absolute Gasteiger partial charge is 0.267 e. The van der Waals surface area contributed by atoms with E-state index in [1.165, 1.54) is 27.2 Å². The van der Waals surface area contributed by atoms with Gasteiger partial charge in [-0.15, -0.1) is 0 Å². The largest absolute Gasteiger partial charge is 0.310 e. The zero-order valence-electron chi connectivity index (χ0n) is 15.4. The van der Waals surface area contributed by atoms with E-state index in [2.05, 4.69) is 4.98 Å². The van der Waals surface area contributed by atoms with Crippen molar-refractivity contribution in [1.82, 2.24) is 14.0 Å². The van der Waals surface area contributed by atoms with Crippen LogP contribution in [0.3, 0.4) is 0 Å². The molecule has 7 nitrogen and oxygen atoms in total. The molecule has 0 spiro atoms. The minimum Gasteiger partial charge on any atom is -0.310 e. The number of nitrogens with zero attached hydrogens (tertiary/aromatic N) is 3. The Bertz CT molecular complexity index is 1450. The molecule has 0 amide bonds. The van der Waals surface area contributed by atoms with Crippen molar-refractivity contribution in [2.45, 2.75) is 30.2 Å². The maximum atomic E-state index is 13.1. The highest BCUT2D eigenvalue weighted by atomic mass is 32.2. The monoisotopic (exact) mass is 394 g/mol. The van der Waals surface area contributed by atoms with Crippen molar-refractivity contribution in [1.29, 1.82) is 5.41 Å². The highest BCUT2D eigenvalue weighted by Gasteiger charge is 2.23. The summed E-state index contributed by atoms with van der Waals surface area (Å²) in [5.41, 5.74) is 1.05. The van der Waals surface area contributed by atoms with E-state index >= 15 is 0 Å². The SMILES string of the molecule is CCn1c(=N)c(S(=O)(=O)c2ccccc2)cc2c(=O)n3cccc(C)c3nc21. The van der Waals surface area contributed by atoms with Crippen LogP contribution in [-0.2, 0) is 16.4 Å². The number of nitrogens with one attached hydrogen (secondary N) is 1. The van der Waals surface area contributed by atoms with Crippen LogP contribution in [0.2, 0.25) is 0 Å². The van der Waals surface area contributed by atoms with Crippen molar-refractivity contribution in [3.63, 3.8) is 0 Å². The summed E-state index contributed by atoms with van der Waals surface area (Å²) in [6, 6.07) is 12.8. The lowest BCUT2D eigenvalue weighted by Crippen LogP contribution is -2.29. The molecule has 3 heterocycles. The van der Waals surface area contributed by atoms with Crippen LogP contribution in [-0.4, -0.2) is 22.4 Å². The van der Waals surface area contributed by atoms with Crippen molar-refractivity contribution in [3.8, 4) is 0 Å². The Balaban J connectivity index is 2.18. The van der Waals surface area contributed by atoms with Crippen LogP contribution < -0.4 is 11.0 Å². The third-order valence-corrected chi connectivity index (χ3v) is 6.54. The number of hydrogen-bond acceptors (Lipinski definition) is 5. The zero-order chi connectivity index (χ0) is 20.1. The molecule has 0 saturated heterocycles. The number of pyridine rings is 2. The average molecular weight is 394 g/mol. The molecule has 0 aliphatic rings. The van der Waals surface area contributed by atoms with Gasteiger partial charge in [-0.3, -0.25) is 14.6 Å². The molecule has 1 N–H and O–H groups in total. The maximum absolute atomic E-state index is 13.1. The van der Waals surface area contributed by atoms with Gasteiger partial charge in [0.15, 0.2) is 0 Å². The van der Waals surface area contributed by atoms with Gasteiger partial charge in [-0.2, -0.15) is 0 Å². The topological polar surface area (TPSA) is 97.3 Å². The van der Waals surface area contributed by atoms with Gasteiger partial charge in [-0.1, -0.05) is 24.3 Å². The zero-order valence-corrected chi connectivity index (χ0v) is 16.2. The third kappa shape index (κ3) is 2.56. The van der Waals surface area contributed by atoms with Gasteiger partial charge in [0.25, 0.3) is 5.56 Å². The fourth-order valence-electron chi connectivity index (χ4n) is 3.31. The van der Waals surface area contributed by atoms with Crippen molar-refractivity contribution < 1.29 is 8.42 Å². The normalized spacial score (nSPS) is 11.9. The quantitative estimate of drug-likeness (QED) is 0.539. The van der Waals surface area contributed by atoms with Gasteiger partial charge in [-0.25, -0.2) is 13.4 Å². The molecular formula is C20H18N4O3S. The number of rotatable bonds is 3. The molecule has 0 unspecified atom stereocenters. The first-order chi connectivity index (χ1) is 13.4. The number of aryl methyl sites for hydroxylation is 2. The lowest BCUT2D eigenvalue weighted by molar-refractivity contribution is 0.590. The summed E-state index contributed by atoms with van der Waals surface area (Å²) >= 11 is 0. The van der Waals surface area contributed by atoms with Gasteiger partial charge in [0.05, 0.1) is 10.3 Å². The Kier molecular flexibility index (Phi) is 4.15. The standard InChI is InChI=1S/C20H18N4O3S/c1-3-23-17(21)16(28(26,27)14-9-5-4-6-10-14)12-15-19(23)22-18-13(2)8-7-11-24(18)20(15)25/h4-12,21H,3H2,1-2H3. The van der Waals surface area contributed by atoms with Crippen LogP contribution >= 0.6 is 0 Å². The molecule has 0 saturated carbocycles. The van der Waals surface area contributed by atoms with Gasteiger partial charge < -0.3 is 4.57 Å². The molecule has 0 bridgehead atoms. The van der Waals surface area contributed by atoms with E-state index in [9.17, 15) is 13.2 Å². The van der Waals surface area contributed by atoms with Gasteiger partial charge in [0.1, 0.15) is 21.7 Å². The summed E-state index contributed by atoms with van der Waals surface area (Å²) in [6.45, 7) is 3.94. The van der Waals surface area contributed by atoms with Crippen LogP contribution in [0.1, 0.15) is 12.5 Å². The predicted molar refractivity (Wildman–Crippen MR) is 105 cm³/mol. The first-order valence-corrected chi connectivity index (χ1v) is 10.2. The summed E-state index contributed by atoms with van der Waals surface area (Å²) in [6.07, 6.45) is 1.60. The Hall–Kier alpha value is -3.26. The van der Waals surface area contributed by atoms with Gasteiger partial charge in [0.2, 0.25) is 9.84 Å². The number of hydrogen-bond donors (Lipinski definition) is 1. The van der Waals surface area contributed by atoms with Crippen molar-refractivity contribution in [3.05, 3.63) is 76.1 Å². The second kappa shape index (κ2) is 6.42. The molecule has 0 radical (unpaired) electrons. The number of aromatic nitrogens is 3. The van der Waals surface area contributed by atoms with E-state index in [0.29, 0.717) is 17.8 Å². The summed E-state index contributed by atoms with van der Waals surface area (Å²) in [7, 11) is -3.96. The summed E-state index contributed by atoms with van der Waals surface area (Å²) in [4.78, 5) is 17.5. The number of benzene rings is 1. The fraction of sp³-hybridized carbons (Fsp3) is 0.150. The predicted octanol–water partition coefficient (Wildman–Crippen LogP) is 2.29. The first-order valence-electron chi connectivity index (χ1n) is 8.76. The molecule has 0 aliphatic carbocycles. The molecule has 8 heteroatoms. The minimum absolute atomic E-state index is 0.0789. The molecule has 0 fully saturated rings. The van der Waals surface area contributed by atoms with E-state index in [1.807, 2.05) is 13.0 Å². The van der Waals surface area contributed by atoms with Crippen molar-refractivity contribution in [2.75, 3.05) is 0 Å². The summed E-state index contributed by atoms with van der Waals surface area (Å²) in [5.74, 6) is 0. The van der Waals surface area contributed by atoms with Crippen LogP contribution in [0, 0.1) is 12.3 Å². The van der Waals surface area contributed by atoms with E-state index < -0.39 is 9.84 Å². The van der Waals surface area contributed by atoms with Crippen LogP contribution in [0.15, 0.2) is 69.3 Å². The van der Waals surface area contributed by atoms with Crippen LogP contribution in [0.4, 0.5) is 0 Å². The van der Waals surface area contributed by atoms with Gasteiger partial charge in [-0.05, 0) is 43.7 Å². The molecule has 0 atom stereocenters. The molecule has 142 valence electrons. The Labute approximate surface area is 161 Å². The van der Waals surface area contributed by atoms with Crippen molar-refractivity contribution in [2.24, 2.45) is 0 Å². The average Bonchev–Trinajstić information content (AvgIpc) is 2.69. The van der Waals surface area contributed by atoms with E-state index in [-0.39, 0.29) is 26.2 Å². The van der Waals surface area contributed by atoms with E-state index in [0.717, 1.165) is 5.56 Å². The molecule has 4 aromatic rings. The highest BCUT2D eigenvalue weighted by Crippen LogP contribution is 2.20. The molecule has 28 heavy (non-hydrogen) atoms. The Morgan fingerprint density at radius 1 is 1.07 bits per heavy atom. The molecule has 1 aromatic carbocycles. The fourth-order valence-corrected chi connectivity index (χ4v) is 4.72. The molecule has 3 aromatic heterocycles. The second-order valence-corrected chi connectivity index (χ2v) is 8.38. The lowest BCUT2D eigenvalue weighted by Gasteiger charge is -2.14. The molecular weight excluding hydrogens is 376 g/mol. The highest BCUT2D eigenvalue weighted by molar-refractivity contribution is 7.91. The Morgan fingerprint density at radius 3 is 2.46 bits per heavy atom. The summed E-state index contributed by atoms with van der Waals surface area (Å²) < 4.78 is 29.1.